The number of nitrogens with one attached hydrogen (secondary N) is 1. The first-order chi connectivity index (χ1) is 9.22. The molecule has 0 spiro atoms. The van der Waals surface area contributed by atoms with Gasteiger partial charge in [-0.3, -0.25) is 9.48 Å². The fraction of sp³-hybridized carbons (Fsp3) is 0.429. The summed E-state index contributed by atoms with van der Waals surface area (Å²) in [6, 6.07) is 6.10. The fourth-order valence-electron chi connectivity index (χ4n) is 2.09. The monoisotopic (exact) mass is 261 g/mol. The van der Waals surface area contributed by atoms with Crippen molar-refractivity contribution in [3.05, 3.63) is 30.0 Å². The molecule has 0 aliphatic carbocycles. The lowest BCUT2D eigenvalue weighted by Gasteiger charge is -2.07. The lowest BCUT2D eigenvalue weighted by Crippen LogP contribution is -2.27. The van der Waals surface area contributed by atoms with Crippen molar-refractivity contribution in [1.82, 2.24) is 15.1 Å². The standard InChI is InChI=1S/C14H19N3O2/c1-11-4-3-5-12-10-16-17(14(11)12)8-6-13(18)15-7-9-19-2/h3-5,10H,6-9H2,1-2H3,(H,15,18). The van der Waals surface area contributed by atoms with Gasteiger partial charge in [-0.15, -0.1) is 0 Å². The predicted molar refractivity (Wildman–Crippen MR) is 74.0 cm³/mol. The van der Waals surface area contributed by atoms with Crippen molar-refractivity contribution in [3.8, 4) is 0 Å². The maximum atomic E-state index is 11.6. The third-order valence-electron chi connectivity index (χ3n) is 3.04. The van der Waals surface area contributed by atoms with E-state index >= 15 is 0 Å². The molecule has 2 aromatic rings. The third kappa shape index (κ3) is 3.32. The summed E-state index contributed by atoms with van der Waals surface area (Å²) in [6.07, 6.45) is 2.26. The van der Waals surface area contributed by atoms with E-state index in [1.165, 1.54) is 5.56 Å². The number of aromatic nitrogens is 2. The molecule has 0 saturated carbocycles. The number of carbonyl (C=O) groups excluding carboxylic acids is 1. The van der Waals surface area contributed by atoms with Gasteiger partial charge in [0.2, 0.25) is 5.91 Å². The quantitative estimate of drug-likeness (QED) is 0.802. The van der Waals surface area contributed by atoms with Crippen LogP contribution in [0.4, 0.5) is 0 Å². The minimum atomic E-state index is 0.0225. The Labute approximate surface area is 112 Å². The van der Waals surface area contributed by atoms with Crippen molar-refractivity contribution in [1.29, 1.82) is 0 Å². The van der Waals surface area contributed by atoms with Crippen LogP contribution in [0.25, 0.3) is 10.9 Å². The van der Waals surface area contributed by atoms with Crippen molar-refractivity contribution in [3.63, 3.8) is 0 Å². The van der Waals surface area contributed by atoms with Crippen molar-refractivity contribution in [2.75, 3.05) is 20.3 Å². The maximum Gasteiger partial charge on any atom is 0.221 e. The average Bonchev–Trinajstić information content (AvgIpc) is 2.81. The van der Waals surface area contributed by atoms with Crippen LogP contribution in [0.15, 0.2) is 24.4 Å². The molecule has 19 heavy (non-hydrogen) atoms. The molecule has 0 fully saturated rings. The van der Waals surface area contributed by atoms with Crippen molar-refractivity contribution in [2.45, 2.75) is 19.9 Å². The molecule has 1 N–H and O–H groups in total. The molecule has 5 heteroatoms. The van der Waals surface area contributed by atoms with Crippen LogP contribution in [-0.4, -0.2) is 35.9 Å². The molecule has 2 rings (SSSR count). The zero-order valence-corrected chi connectivity index (χ0v) is 11.3. The summed E-state index contributed by atoms with van der Waals surface area (Å²) in [5.74, 6) is 0.0225. The lowest BCUT2D eigenvalue weighted by molar-refractivity contribution is -0.121. The van der Waals surface area contributed by atoms with E-state index in [1.54, 1.807) is 7.11 Å². The van der Waals surface area contributed by atoms with Gasteiger partial charge in [0, 0.05) is 25.5 Å². The topological polar surface area (TPSA) is 56.1 Å². The van der Waals surface area contributed by atoms with Gasteiger partial charge < -0.3 is 10.1 Å². The molecule has 1 aromatic carbocycles. The Morgan fingerprint density at radius 1 is 1.47 bits per heavy atom. The average molecular weight is 261 g/mol. The van der Waals surface area contributed by atoms with Crippen LogP contribution in [0.2, 0.25) is 0 Å². The molecule has 0 aliphatic heterocycles. The van der Waals surface area contributed by atoms with E-state index in [-0.39, 0.29) is 5.91 Å². The van der Waals surface area contributed by atoms with E-state index in [0.717, 1.165) is 10.9 Å². The van der Waals surface area contributed by atoms with E-state index in [9.17, 15) is 4.79 Å². The number of ether oxygens (including phenoxy) is 1. The van der Waals surface area contributed by atoms with Gasteiger partial charge in [-0.05, 0) is 12.5 Å². The summed E-state index contributed by atoms with van der Waals surface area (Å²) in [5.41, 5.74) is 2.28. The van der Waals surface area contributed by atoms with Gasteiger partial charge >= 0.3 is 0 Å². The van der Waals surface area contributed by atoms with Crippen LogP contribution in [0.3, 0.4) is 0 Å². The number of aryl methyl sites for hydroxylation is 2. The zero-order chi connectivity index (χ0) is 13.7. The summed E-state index contributed by atoms with van der Waals surface area (Å²) < 4.78 is 6.77. The number of fused-ring (bicyclic) bond motifs is 1. The van der Waals surface area contributed by atoms with Crippen LogP contribution in [0.5, 0.6) is 0 Å². The van der Waals surface area contributed by atoms with Crippen LogP contribution in [0, 0.1) is 6.92 Å². The Morgan fingerprint density at radius 3 is 3.11 bits per heavy atom. The highest BCUT2D eigenvalue weighted by atomic mass is 16.5. The van der Waals surface area contributed by atoms with E-state index in [4.69, 9.17) is 4.74 Å². The molecular weight excluding hydrogens is 242 g/mol. The molecular formula is C14H19N3O2. The van der Waals surface area contributed by atoms with Gasteiger partial charge in [-0.2, -0.15) is 5.10 Å². The molecule has 0 atom stereocenters. The Bertz CT molecular complexity index is 563. The summed E-state index contributed by atoms with van der Waals surface area (Å²) >= 11 is 0. The Hall–Kier alpha value is -1.88. The lowest BCUT2D eigenvalue weighted by atomic mass is 10.2. The number of amides is 1. The highest BCUT2D eigenvalue weighted by molar-refractivity contribution is 5.82. The smallest absolute Gasteiger partial charge is 0.221 e. The first-order valence-electron chi connectivity index (χ1n) is 6.39. The van der Waals surface area contributed by atoms with E-state index in [0.29, 0.717) is 26.1 Å². The van der Waals surface area contributed by atoms with Gasteiger partial charge in [0.25, 0.3) is 0 Å². The number of methoxy groups -OCH3 is 1. The van der Waals surface area contributed by atoms with Gasteiger partial charge in [0.1, 0.15) is 0 Å². The molecule has 0 saturated heterocycles. The summed E-state index contributed by atoms with van der Waals surface area (Å²) in [5, 5.41) is 8.25. The largest absolute Gasteiger partial charge is 0.383 e. The maximum absolute atomic E-state index is 11.6. The second-order valence-corrected chi connectivity index (χ2v) is 4.47. The third-order valence-corrected chi connectivity index (χ3v) is 3.04. The summed E-state index contributed by atoms with van der Waals surface area (Å²) in [7, 11) is 1.62. The van der Waals surface area contributed by atoms with Crippen molar-refractivity contribution in [2.24, 2.45) is 0 Å². The Balaban J connectivity index is 1.96. The van der Waals surface area contributed by atoms with Crippen LogP contribution in [0.1, 0.15) is 12.0 Å². The minimum Gasteiger partial charge on any atom is -0.383 e. The second kappa shape index (κ2) is 6.33. The SMILES string of the molecule is COCCNC(=O)CCn1ncc2cccc(C)c21. The number of hydrogen-bond acceptors (Lipinski definition) is 3. The van der Waals surface area contributed by atoms with Crippen molar-refractivity contribution < 1.29 is 9.53 Å². The molecule has 0 radical (unpaired) electrons. The first kappa shape index (κ1) is 13.5. The molecule has 102 valence electrons. The fourth-order valence-corrected chi connectivity index (χ4v) is 2.09. The number of benzene rings is 1. The van der Waals surface area contributed by atoms with E-state index < -0.39 is 0 Å². The van der Waals surface area contributed by atoms with E-state index in [2.05, 4.69) is 23.4 Å². The zero-order valence-electron chi connectivity index (χ0n) is 11.3. The molecule has 0 bridgehead atoms. The Kier molecular flexibility index (Phi) is 4.52. The van der Waals surface area contributed by atoms with Gasteiger partial charge in [-0.1, -0.05) is 18.2 Å². The van der Waals surface area contributed by atoms with Gasteiger partial charge in [0.05, 0.1) is 24.9 Å². The van der Waals surface area contributed by atoms with E-state index in [1.807, 2.05) is 23.0 Å². The molecule has 1 amide bonds. The van der Waals surface area contributed by atoms with Gasteiger partial charge in [0.15, 0.2) is 0 Å². The molecule has 1 aromatic heterocycles. The van der Waals surface area contributed by atoms with Gasteiger partial charge in [-0.25, -0.2) is 0 Å². The Morgan fingerprint density at radius 2 is 2.32 bits per heavy atom. The molecule has 0 aliphatic rings. The molecule has 1 heterocycles. The highest BCUT2D eigenvalue weighted by Crippen LogP contribution is 2.17. The second-order valence-electron chi connectivity index (χ2n) is 4.47. The number of nitrogens with zero attached hydrogens (tertiary/aromatic N) is 2. The normalized spacial score (nSPS) is 10.8. The highest BCUT2D eigenvalue weighted by Gasteiger charge is 2.07. The predicted octanol–water partition coefficient (Wildman–Crippen LogP) is 1.50. The number of hydrogen-bond donors (Lipinski definition) is 1. The van der Waals surface area contributed by atoms with Crippen LogP contribution in [-0.2, 0) is 16.1 Å². The minimum absolute atomic E-state index is 0.0225. The van der Waals surface area contributed by atoms with Crippen LogP contribution < -0.4 is 5.32 Å². The molecule has 5 nitrogen and oxygen atoms in total. The number of para-hydroxylation sites is 1. The first-order valence-corrected chi connectivity index (χ1v) is 6.39. The number of rotatable bonds is 6. The number of carbonyl (C=O) groups is 1. The summed E-state index contributed by atoms with van der Waals surface area (Å²) in [4.78, 5) is 11.6. The van der Waals surface area contributed by atoms with Crippen molar-refractivity contribution >= 4 is 16.8 Å². The van der Waals surface area contributed by atoms with Crippen LogP contribution >= 0.6 is 0 Å². The molecule has 0 unspecified atom stereocenters. The summed E-state index contributed by atoms with van der Waals surface area (Å²) in [6.45, 7) is 3.73.